The van der Waals surface area contributed by atoms with Crippen molar-refractivity contribution in [3.05, 3.63) is 82.7 Å². The molecule has 0 radical (unpaired) electrons. The van der Waals surface area contributed by atoms with E-state index in [9.17, 15) is 9.50 Å². The Hall–Kier alpha value is -2.41. The van der Waals surface area contributed by atoms with Crippen molar-refractivity contribution in [1.29, 1.82) is 0 Å². The highest BCUT2D eigenvalue weighted by atomic mass is 35.5. The summed E-state index contributed by atoms with van der Waals surface area (Å²) in [4.78, 5) is 3.93. The van der Waals surface area contributed by atoms with Crippen molar-refractivity contribution in [1.82, 2.24) is 19.3 Å². The fraction of sp³-hybridized carbons (Fsp3) is 0.158. The molecule has 0 amide bonds. The Morgan fingerprint density at radius 3 is 2.67 bits per heavy atom. The lowest BCUT2D eigenvalue weighted by atomic mass is 9.93. The van der Waals surface area contributed by atoms with E-state index in [-0.39, 0.29) is 18.9 Å². The normalized spacial score (nSPS) is 13.8. The van der Waals surface area contributed by atoms with Crippen molar-refractivity contribution in [2.75, 3.05) is 0 Å². The Balaban J connectivity index is 1.79. The van der Waals surface area contributed by atoms with Crippen molar-refractivity contribution in [3.63, 3.8) is 0 Å². The quantitative estimate of drug-likeness (QED) is 0.540. The molecule has 0 aliphatic heterocycles. The van der Waals surface area contributed by atoms with Gasteiger partial charge in [0, 0.05) is 32.7 Å². The summed E-state index contributed by atoms with van der Waals surface area (Å²) in [6.07, 6.45) is 4.73. The van der Waals surface area contributed by atoms with E-state index in [1.165, 1.54) is 29.5 Å². The molecule has 0 aliphatic rings. The third-order valence-corrected chi connectivity index (χ3v) is 5.04. The van der Waals surface area contributed by atoms with Gasteiger partial charge < -0.3 is 9.67 Å². The minimum Gasteiger partial charge on any atom is -0.381 e. The minimum absolute atomic E-state index is 0.134. The number of aliphatic hydroxyl groups is 1. The zero-order chi connectivity index (χ0) is 19.0. The summed E-state index contributed by atoms with van der Waals surface area (Å²) >= 11 is 12.4. The second-order valence-electron chi connectivity index (χ2n) is 6.40. The zero-order valence-corrected chi connectivity index (χ0v) is 15.6. The van der Waals surface area contributed by atoms with Crippen molar-refractivity contribution in [3.8, 4) is 0 Å². The highest BCUT2D eigenvalue weighted by molar-refractivity contribution is 6.35. The lowest BCUT2D eigenvalue weighted by molar-refractivity contribution is -0.00103. The summed E-state index contributed by atoms with van der Waals surface area (Å²) in [6.45, 7) is 0.318. The van der Waals surface area contributed by atoms with Crippen LogP contribution in [0.1, 0.15) is 5.56 Å². The van der Waals surface area contributed by atoms with Crippen LogP contribution >= 0.6 is 23.2 Å². The molecule has 0 spiro atoms. The minimum atomic E-state index is -1.39. The molecule has 0 saturated heterocycles. The zero-order valence-electron chi connectivity index (χ0n) is 14.1. The van der Waals surface area contributed by atoms with Gasteiger partial charge in [-0.15, -0.1) is 0 Å². The maximum atomic E-state index is 13.5. The van der Waals surface area contributed by atoms with Gasteiger partial charge in [-0.2, -0.15) is 5.10 Å². The molecule has 5 nitrogen and oxygen atoms in total. The van der Waals surface area contributed by atoms with Gasteiger partial charge in [0.1, 0.15) is 24.1 Å². The number of benzene rings is 2. The Labute approximate surface area is 164 Å². The molecule has 1 atom stereocenters. The summed E-state index contributed by atoms with van der Waals surface area (Å²) in [5, 5.41) is 17.3. The molecule has 8 heteroatoms. The van der Waals surface area contributed by atoms with E-state index in [0.717, 1.165) is 10.9 Å². The van der Waals surface area contributed by atoms with Crippen LogP contribution in [0, 0.1) is 5.82 Å². The SMILES string of the molecule is OC(Cn1cncn1)(Cn1ccc2cc(F)ccc21)c1ccc(Cl)cc1Cl. The van der Waals surface area contributed by atoms with E-state index in [4.69, 9.17) is 23.2 Å². The Bertz CT molecular complexity index is 1100. The number of aromatic nitrogens is 4. The highest BCUT2D eigenvalue weighted by Gasteiger charge is 2.33. The van der Waals surface area contributed by atoms with Crippen LogP contribution in [-0.2, 0) is 18.7 Å². The van der Waals surface area contributed by atoms with Gasteiger partial charge in [-0.25, -0.2) is 14.1 Å². The molecule has 4 aromatic rings. The molecule has 27 heavy (non-hydrogen) atoms. The van der Waals surface area contributed by atoms with Gasteiger partial charge in [0.15, 0.2) is 0 Å². The standard InChI is InChI=1S/C19H15Cl2FN4O/c20-14-1-3-16(17(21)8-14)19(27,10-26-12-23-11-24-26)9-25-6-5-13-7-15(22)2-4-18(13)25/h1-8,11-12,27H,9-10H2. The lowest BCUT2D eigenvalue weighted by Gasteiger charge is -2.30. The first kappa shape index (κ1) is 18.0. The van der Waals surface area contributed by atoms with Gasteiger partial charge in [-0.3, -0.25) is 0 Å². The number of hydrogen-bond donors (Lipinski definition) is 1. The highest BCUT2D eigenvalue weighted by Crippen LogP contribution is 2.34. The summed E-state index contributed by atoms with van der Waals surface area (Å²) in [5.41, 5.74) is -0.0677. The molecule has 0 aliphatic carbocycles. The fourth-order valence-electron chi connectivity index (χ4n) is 3.26. The molecule has 2 aromatic heterocycles. The molecule has 2 aromatic carbocycles. The van der Waals surface area contributed by atoms with Gasteiger partial charge in [0.05, 0.1) is 13.1 Å². The van der Waals surface area contributed by atoms with Crippen LogP contribution in [0.2, 0.25) is 10.0 Å². The van der Waals surface area contributed by atoms with Crippen molar-refractivity contribution in [2.24, 2.45) is 0 Å². The summed E-state index contributed by atoms with van der Waals surface area (Å²) in [5.74, 6) is -0.307. The predicted octanol–water partition coefficient (Wildman–Crippen LogP) is 4.27. The van der Waals surface area contributed by atoms with Crippen LogP contribution in [0.25, 0.3) is 10.9 Å². The van der Waals surface area contributed by atoms with Crippen molar-refractivity contribution >= 4 is 34.1 Å². The van der Waals surface area contributed by atoms with E-state index < -0.39 is 5.60 Å². The molecule has 4 rings (SSSR count). The van der Waals surface area contributed by atoms with Crippen molar-refractivity contribution < 1.29 is 9.50 Å². The van der Waals surface area contributed by atoms with Crippen LogP contribution in [0.3, 0.4) is 0 Å². The Morgan fingerprint density at radius 2 is 1.93 bits per heavy atom. The first-order valence-electron chi connectivity index (χ1n) is 8.19. The molecule has 138 valence electrons. The van der Waals surface area contributed by atoms with Gasteiger partial charge >= 0.3 is 0 Å². The lowest BCUT2D eigenvalue weighted by Crippen LogP contribution is -2.36. The third-order valence-electron chi connectivity index (χ3n) is 4.49. The first-order chi connectivity index (χ1) is 12.9. The maximum absolute atomic E-state index is 13.5. The van der Waals surface area contributed by atoms with E-state index in [1.54, 1.807) is 36.5 Å². The second-order valence-corrected chi connectivity index (χ2v) is 7.24. The van der Waals surface area contributed by atoms with Crippen molar-refractivity contribution in [2.45, 2.75) is 18.7 Å². The topological polar surface area (TPSA) is 55.9 Å². The Kier molecular flexibility index (Phi) is 4.63. The summed E-state index contributed by atoms with van der Waals surface area (Å²) in [6, 6.07) is 11.3. The van der Waals surface area contributed by atoms with Crippen LogP contribution < -0.4 is 0 Å². The number of nitrogens with zero attached hydrogens (tertiary/aromatic N) is 4. The van der Waals surface area contributed by atoms with Crippen LogP contribution in [0.15, 0.2) is 61.3 Å². The molecule has 2 heterocycles. The predicted molar refractivity (Wildman–Crippen MR) is 102 cm³/mol. The maximum Gasteiger partial charge on any atom is 0.137 e. The van der Waals surface area contributed by atoms with E-state index >= 15 is 0 Å². The van der Waals surface area contributed by atoms with Crippen LogP contribution in [0.4, 0.5) is 4.39 Å². The van der Waals surface area contributed by atoms with Gasteiger partial charge in [-0.1, -0.05) is 29.3 Å². The molecule has 1 unspecified atom stereocenters. The first-order valence-corrected chi connectivity index (χ1v) is 8.95. The molecular weight excluding hydrogens is 390 g/mol. The second kappa shape index (κ2) is 6.96. The number of halogens is 3. The van der Waals surface area contributed by atoms with Crippen LogP contribution in [-0.4, -0.2) is 24.4 Å². The van der Waals surface area contributed by atoms with E-state index in [1.807, 2.05) is 4.57 Å². The Morgan fingerprint density at radius 1 is 1.07 bits per heavy atom. The molecule has 0 bridgehead atoms. The number of rotatable bonds is 5. The molecule has 0 fully saturated rings. The fourth-order valence-corrected chi connectivity index (χ4v) is 3.84. The van der Waals surface area contributed by atoms with Crippen LogP contribution in [0.5, 0.6) is 0 Å². The average Bonchev–Trinajstić information content (AvgIpc) is 3.24. The van der Waals surface area contributed by atoms with Gasteiger partial charge in [0.25, 0.3) is 0 Å². The molecule has 0 saturated carbocycles. The van der Waals surface area contributed by atoms with Gasteiger partial charge in [0.2, 0.25) is 0 Å². The summed E-state index contributed by atoms with van der Waals surface area (Å²) in [7, 11) is 0. The monoisotopic (exact) mass is 404 g/mol. The van der Waals surface area contributed by atoms with E-state index in [2.05, 4.69) is 10.1 Å². The van der Waals surface area contributed by atoms with E-state index in [0.29, 0.717) is 15.6 Å². The number of fused-ring (bicyclic) bond motifs is 1. The molecule has 1 N–H and O–H groups in total. The van der Waals surface area contributed by atoms with Gasteiger partial charge in [-0.05, 0) is 36.4 Å². The third kappa shape index (κ3) is 3.56. The largest absolute Gasteiger partial charge is 0.381 e. The smallest absolute Gasteiger partial charge is 0.137 e. The molecular formula is C19H15Cl2FN4O. The average molecular weight is 405 g/mol. The number of hydrogen-bond acceptors (Lipinski definition) is 3. The summed E-state index contributed by atoms with van der Waals surface area (Å²) < 4.78 is 16.9.